The normalized spacial score (nSPS) is 33.5. The highest BCUT2D eigenvalue weighted by Crippen LogP contribution is 2.44. The summed E-state index contributed by atoms with van der Waals surface area (Å²) in [6, 6.07) is 2.09. The Kier molecular flexibility index (Phi) is 4.34. The topological polar surface area (TPSA) is 79.6 Å². The number of carbonyl (C=O) groups excluding carboxylic acids is 1. The molecule has 0 aliphatic carbocycles. The van der Waals surface area contributed by atoms with Gasteiger partial charge >= 0.3 is 0 Å². The Morgan fingerprint density at radius 1 is 1.55 bits per heavy atom. The van der Waals surface area contributed by atoms with Gasteiger partial charge in [-0.2, -0.15) is 5.26 Å². The van der Waals surface area contributed by atoms with Crippen LogP contribution in [0.15, 0.2) is 5.57 Å². The molecule has 0 aromatic rings. The molecule has 1 atom stereocenters. The molecule has 1 amide bonds. The number of piperidine rings is 2. The molecule has 0 aromatic carbocycles. The van der Waals surface area contributed by atoms with Crippen LogP contribution in [0.2, 0.25) is 0 Å². The fraction of sp³-hybridized carbons (Fsp3) is 0.643. The fourth-order valence-corrected chi connectivity index (χ4v) is 3.75. The van der Waals surface area contributed by atoms with Crippen LogP contribution in [0.3, 0.4) is 0 Å². The highest BCUT2D eigenvalue weighted by Gasteiger charge is 2.53. The lowest BCUT2D eigenvalue weighted by molar-refractivity contribution is -0.907. The zero-order valence-electron chi connectivity index (χ0n) is 11.5. The summed E-state index contributed by atoms with van der Waals surface area (Å²) in [7, 11) is 0. The van der Waals surface area contributed by atoms with Crippen LogP contribution in [0, 0.1) is 22.7 Å². The van der Waals surface area contributed by atoms with Gasteiger partial charge in [-0.3, -0.25) is 10.7 Å². The number of nitrogens with zero attached hydrogens (tertiary/aromatic N) is 2. The number of nitrogens with one attached hydrogen (secondary N) is 2. The van der Waals surface area contributed by atoms with Crippen LogP contribution in [-0.2, 0) is 4.79 Å². The first kappa shape index (κ1) is 14.9. The average Bonchev–Trinajstić information content (AvgIpc) is 2.42. The number of hydrogen-bond donors (Lipinski definition) is 2. The molecule has 0 bridgehead atoms. The number of carbonyl (C=O) groups is 1. The van der Waals surface area contributed by atoms with E-state index in [9.17, 15) is 15.5 Å². The molecule has 20 heavy (non-hydrogen) atoms. The van der Waals surface area contributed by atoms with Crippen LogP contribution >= 0.6 is 12.2 Å². The molecule has 0 unspecified atom stereocenters. The molecule has 6 heteroatoms. The Balaban J connectivity index is 2.34. The minimum Gasteiger partial charge on any atom is -0.763 e. The van der Waals surface area contributed by atoms with E-state index >= 15 is 0 Å². The van der Waals surface area contributed by atoms with E-state index in [2.05, 4.69) is 24.2 Å². The van der Waals surface area contributed by atoms with Crippen molar-refractivity contribution < 1.29 is 9.69 Å². The maximum absolute atomic E-state index is 12.0. The largest absolute Gasteiger partial charge is 0.763 e. The Labute approximate surface area is 124 Å². The molecule has 106 valence electrons. The van der Waals surface area contributed by atoms with Gasteiger partial charge in [0.15, 0.2) is 0 Å². The lowest BCUT2D eigenvalue weighted by Crippen LogP contribution is -3.13. The summed E-state index contributed by atoms with van der Waals surface area (Å²) in [5.74, 6) is 0.996. The minimum absolute atomic E-state index is 0.211. The van der Waals surface area contributed by atoms with Gasteiger partial charge in [0.2, 0.25) is 5.91 Å². The van der Waals surface area contributed by atoms with Gasteiger partial charge in [-0.1, -0.05) is 19.1 Å². The SMILES string of the molecule is CCC[NH+]1CCC2(CC1)C(=C=[N-])C(=S)NC(=O)[C@H]2C#N. The van der Waals surface area contributed by atoms with Crippen molar-refractivity contribution in [3.8, 4) is 6.07 Å². The molecule has 2 N–H and O–H groups in total. The van der Waals surface area contributed by atoms with Crippen LogP contribution in [-0.4, -0.2) is 36.4 Å². The first-order valence-corrected chi connectivity index (χ1v) is 7.35. The van der Waals surface area contributed by atoms with Gasteiger partial charge in [0, 0.05) is 23.8 Å². The van der Waals surface area contributed by atoms with E-state index in [1.807, 2.05) is 0 Å². The monoisotopic (exact) mass is 290 g/mol. The molecule has 0 radical (unpaired) electrons. The van der Waals surface area contributed by atoms with E-state index in [4.69, 9.17) is 12.2 Å². The molecule has 2 aliphatic rings. The standard InChI is InChI=1S/C14H17N4OS/c1-2-5-18-6-3-14(4-7-18)10(8-15)12(19)17-13(20)11(14)9-16/h10H,2-7H2,1H3,(H,17,19,20)/q-1/p+1/t10-/m1/s1. The number of amides is 1. The van der Waals surface area contributed by atoms with Crippen LogP contribution in [0.5, 0.6) is 0 Å². The van der Waals surface area contributed by atoms with Crippen LogP contribution in [0.4, 0.5) is 0 Å². The van der Waals surface area contributed by atoms with Crippen molar-refractivity contribution in [2.45, 2.75) is 26.2 Å². The van der Waals surface area contributed by atoms with Gasteiger partial charge in [0.1, 0.15) is 10.9 Å². The lowest BCUT2D eigenvalue weighted by Gasteiger charge is -2.45. The third-order valence-electron chi connectivity index (χ3n) is 4.47. The molecule has 0 aromatic heterocycles. The average molecular weight is 290 g/mol. The second kappa shape index (κ2) is 5.84. The lowest BCUT2D eigenvalue weighted by atomic mass is 9.62. The van der Waals surface area contributed by atoms with Crippen molar-refractivity contribution in [1.29, 1.82) is 5.26 Å². The van der Waals surface area contributed by atoms with Crippen molar-refractivity contribution in [2.24, 2.45) is 11.3 Å². The number of quaternary nitrogens is 1. The van der Waals surface area contributed by atoms with Gasteiger partial charge in [-0.25, -0.2) is 0 Å². The molecular weight excluding hydrogens is 272 g/mol. The predicted molar refractivity (Wildman–Crippen MR) is 79.2 cm³/mol. The summed E-state index contributed by atoms with van der Waals surface area (Å²) in [6.07, 6.45) is 2.46. The molecule has 2 saturated heterocycles. The second-order valence-electron chi connectivity index (χ2n) is 5.52. The summed E-state index contributed by atoms with van der Waals surface area (Å²) in [4.78, 5) is 13.7. The van der Waals surface area contributed by atoms with Crippen molar-refractivity contribution in [2.75, 3.05) is 19.6 Å². The summed E-state index contributed by atoms with van der Waals surface area (Å²) < 4.78 is 0. The zero-order chi connectivity index (χ0) is 14.8. The highest BCUT2D eigenvalue weighted by molar-refractivity contribution is 7.80. The molecule has 2 fully saturated rings. The van der Waals surface area contributed by atoms with E-state index in [1.165, 1.54) is 4.90 Å². The second-order valence-corrected chi connectivity index (χ2v) is 5.93. The predicted octanol–water partition coefficient (Wildman–Crippen LogP) is -0.176. The number of thiocarbonyl (C=S) groups is 1. The van der Waals surface area contributed by atoms with Crippen molar-refractivity contribution >= 4 is 29.0 Å². The number of likely N-dealkylation sites (tertiary alicyclic amines) is 1. The Morgan fingerprint density at radius 3 is 2.70 bits per heavy atom. The van der Waals surface area contributed by atoms with Gasteiger partial charge < -0.3 is 15.6 Å². The molecule has 5 nitrogen and oxygen atoms in total. The summed E-state index contributed by atoms with van der Waals surface area (Å²) >= 11 is 5.13. The van der Waals surface area contributed by atoms with Crippen LogP contribution in [0.25, 0.3) is 5.41 Å². The Hall–Kier alpha value is -1.54. The van der Waals surface area contributed by atoms with Crippen LogP contribution < -0.4 is 10.2 Å². The smallest absolute Gasteiger partial charge is 0.243 e. The Bertz CT molecular complexity index is 522. The maximum atomic E-state index is 12.0. The Morgan fingerprint density at radius 2 is 2.20 bits per heavy atom. The van der Waals surface area contributed by atoms with Crippen LogP contribution in [0.1, 0.15) is 26.2 Å². The zero-order valence-corrected chi connectivity index (χ0v) is 12.3. The highest BCUT2D eigenvalue weighted by atomic mass is 32.1. The van der Waals surface area contributed by atoms with E-state index in [0.717, 1.165) is 26.1 Å². The summed E-state index contributed by atoms with van der Waals surface area (Å²) in [6.45, 7) is 5.00. The van der Waals surface area contributed by atoms with Gasteiger partial charge in [-0.05, 0) is 6.42 Å². The molecule has 2 rings (SSSR count). The number of nitriles is 1. The maximum Gasteiger partial charge on any atom is 0.243 e. The third-order valence-corrected chi connectivity index (χ3v) is 4.78. The molecular formula is C14H18N4OS. The summed E-state index contributed by atoms with van der Waals surface area (Å²) in [5.41, 5.74) is -0.241. The number of rotatable bonds is 2. The van der Waals surface area contributed by atoms with Gasteiger partial charge in [0.25, 0.3) is 0 Å². The molecule has 1 spiro atoms. The quantitative estimate of drug-likeness (QED) is 0.421. The minimum atomic E-state index is -0.799. The van der Waals surface area contributed by atoms with E-state index in [-0.39, 0.29) is 10.9 Å². The van der Waals surface area contributed by atoms with Crippen molar-refractivity contribution in [1.82, 2.24) is 5.32 Å². The third kappa shape index (κ3) is 2.29. The fourth-order valence-electron chi connectivity index (χ4n) is 3.40. The molecule has 2 aliphatic heterocycles. The van der Waals surface area contributed by atoms with E-state index < -0.39 is 11.3 Å². The van der Waals surface area contributed by atoms with Crippen molar-refractivity contribution in [3.05, 3.63) is 11.0 Å². The molecule has 2 heterocycles. The van der Waals surface area contributed by atoms with E-state index in [0.29, 0.717) is 18.4 Å². The van der Waals surface area contributed by atoms with E-state index in [1.54, 1.807) is 0 Å². The van der Waals surface area contributed by atoms with Gasteiger partial charge in [-0.15, -0.1) is 0 Å². The number of hydrogen-bond acceptors (Lipinski definition) is 3. The first-order valence-electron chi connectivity index (χ1n) is 6.95. The first-order chi connectivity index (χ1) is 9.58. The summed E-state index contributed by atoms with van der Waals surface area (Å²) in [5, 5.41) is 21.3. The molecule has 0 saturated carbocycles. The van der Waals surface area contributed by atoms with Gasteiger partial charge in [0.05, 0.1) is 25.7 Å². The van der Waals surface area contributed by atoms with Crippen molar-refractivity contribution in [3.63, 3.8) is 0 Å².